The summed E-state index contributed by atoms with van der Waals surface area (Å²) in [6.45, 7) is 2.50. The first-order valence-corrected chi connectivity index (χ1v) is 8.16. The third-order valence-electron chi connectivity index (χ3n) is 4.32. The number of hydrogen-bond donors (Lipinski definition) is 1. The molecule has 1 aliphatic heterocycles. The molecule has 1 amide bonds. The molecule has 1 N–H and O–H groups in total. The number of fused-ring (bicyclic) bond motifs is 1. The molecule has 138 valence electrons. The van der Waals surface area contributed by atoms with Gasteiger partial charge in [0.15, 0.2) is 6.61 Å². The van der Waals surface area contributed by atoms with E-state index in [4.69, 9.17) is 9.47 Å². The van der Waals surface area contributed by atoms with Gasteiger partial charge in [0.05, 0.1) is 11.3 Å². The Labute approximate surface area is 148 Å². The van der Waals surface area contributed by atoms with Gasteiger partial charge in [-0.1, -0.05) is 31.2 Å². The summed E-state index contributed by atoms with van der Waals surface area (Å²) in [7, 11) is 0. The molecule has 2 aromatic rings. The van der Waals surface area contributed by atoms with Gasteiger partial charge in [-0.3, -0.25) is 4.79 Å². The third-order valence-corrected chi connectivity index (χ3v) is 4.32. The van der Waals surface area contributed by atoms with Crippen molar-refractivity contribution in [1.82, 2.24) is 0 Å². The minimum absolute atomic E-state index is 0.0478. The van der Waals surface area contributed by atoms with Crippen LogP contribution in [0.5, 0.6) is 11.5 Å². The van der Waals surface area contributed by atoms with Crippen molar-refractivity contribution in [3.8, 4) is 11.5 Å². The average molecular weight is 365 g/mol. The van der Waals surface area contributed by atoms with Gasteiger partial charge >= 0.3 is 6.18 Å². The highest BCUT2D eigenvalue weighted by molar-refractivity contribution is 6.07. The van der Waals surface area contributed by atoms with Crippen LogP contribution in [0, 0.1) is 0 Å². The molecule has 0 unspecified atom stereocenters. The van der Waals surface area contributed by atoms with Gasteiger partial charge in [0.2, 0.25) is 0 Å². The molecule has 0 aromatic heterocycles. The molecule has 2 atom stereocenters. The number of carbonyl (C=O) groups is 1. The van der Waals surface area contributed by atoms with Crippen molar-refractivity contribution in [3.63, 3.8) is 0 Å². The number of rotatable bonds is 4. The SMILES string of the molecule is C[C@@H]1Oc2c(C(=O)Nc3ccccc3OCC(F)(F)F)cccc2[C@H]1C. The number of hydrogen-bond acceptors (Lipinski definition) is 3. The molecule has 1 heterocycles. The molecule has 2 aromatic carbocycles. The van der Waals surface area contributed by atoms with Crippen LogP contribution in [0.2, 0.25) is 0 Å². The van der Waals surface area contributed by atoms with Crippen molar-refractivity contribution in [2.75, 3.05) is 11.9 Å². The van der Waals surface area contributed by atoms with E-state index in [0.717, 1.165) is 5.56 Å². The van der Waals surface area contributed by atoms with Gasteiger partial charge in [-0.15, -0.1) is 0 Å². The van der Waals surface area contributed by atoms with Gasteiger partial charge in [0.25, 0.3) is 5.91 Å². The molecule has 4 nitrogen and oxygen atoms in total. The highest BCUT2D eigenvalue weighted by Gasteiger charge is 2.31. The Morgan fingerprint density at radius 3 is 2.62 bits per heavy atom. The standard InChI is InChI=1S/C19H18F3NO3/c1-11-12(2)26-17-13(11)6-5-7-14(17)18(24)23-15-8-3-4-9-16(15)25-10-19(20,21)22/h3-9,11-12H,10H2,1-2H3,(H,23,24)/t11-,12-/m0/s1. The Morgan fingerprint density at radius 2 is 1.88 bits per heavy atom. The minimum atomic E-state index is -4.46. The smallest absolute Gasteiger partial charge is 0.422 e. The summed E-state index contributed by atoms with van der Waals surface area (Å²) in [6, 6.07) is 11.3. The third kappa shape index (κ3) is 3.76. The Kier molecular flexibility index (Phi) is 4.80. The average Bonchev–Trinajstić information content (AvgIpc) is 2.88. The number of halogens is 3. The van der Waals surface area contributed by atoms with Crippen LogP contribution < -0.4 is 14.8 Å². The molecular formula is C19H18F3NO3. The summed E-state index contributed by atoms with van der Waals surface area (Å²) in [5.41, 5.74) is 1.44. The zero-order valence-electron chi connectivity index (χ0n) is 14.3. The maximum absolute atomic E-state index is 12.7. The molecule has 3 rings (SSSR count). The van der Waals surface area contributed by atoms with Crippen molar-refractivity contribution in [1.29, 1.82) is 0 Å². The van der Waals surface area contributed by atoms with E-state index in [1.54, 1.807) is 18.2 Å². The number of para-hydroxylation sites is 3. The number of ether oxygens (including phenoxy) is 2. The van der Waals surface area contributed by atoms with Crippen LogP contribution in [0.1, 0.15) is 35.7 Å². The van der Waals surface area contributed by atoms with Crippen molar-refractivity contribution < 1.29 is 27.4 Å². The molecule has 0 saturated heterocycles. The zero-order valence-corrected chi connectivity index (χ0v) is 14.3. The molecule has 0 spiro atoms. The van der Waals surface area contributed by atoms with E-state index in [1.807, 2.05) is 19.9 Å². The molecule has 0 radical (unpaired) electrons. The fourth-order valence-corrected chi connectivity index (χ4v) is 2.81. The summed E-state index contributed by atoms with van der Waals surface area (Å²) >= 11 is 0. The molecule has 1 aliphatic rings. The van der Waals surface area contributed by atoms with Gasteiger partial charge in [0, 0.05) is 11.5 Å². The fourth-order valence-electron chi connectivity index (χ4n) is 2.81. The number of carbonyl (C=O) groups excluding carboxylic acids is 1. The van der Waals surface area contributed by atoms with Crippen LogP contribution in [0.4, 0.5) is 18.9 Å². The molecule has 7 heteroatoms. The van der Waals surface area contributed by atoms with Crippen LogP contribution in [0.3, 0.4) is 0 Å². The maximum Gasteiger partial charge on any atom is 0.422 e. The summed E-state index contributed by atoms with van der Waals surface area (Å²) in [5.74, 6) is 0.151. The highest BCUT2D eigenvalue weighted by atomic mass is 19.4. The quantitative estimate of drug-likeness (QED) is 0.849. The summed E-state index contributed by atoms with van der Waals surface area (Å²) in [4.78, 5) is 12.7. The monoisotopic (exact) mass is 365 g/mol. The lowest BCUT2D eigenvalue weighted by molar-refractivity contribution is -0.153. The van der Waals surface area contributed by atoms with Crippen LogP contribution in [0.15, 0.2) is 42.5 Å². The number of alkyl halides is 3. The van der Waals surface area contributed by atoms with E-state index in [0.29, 0.717) is 11.3 Å². The molecule has 26 heavy (non-hydrogen) atoms. The first-order valence-electron chi connectivity index (χ1n) is 8.16. The zero-order chi connectivity index (χ0) is 18.9. The molecule has 0 bridgehead atoms. The van der Waals surface area contributed by atoms with Crippen LogP contribution in [0.25, 0.3) is 0 Å². The van der Waals surface area contributed by atoms with Gasteiger partial charge in [-0.25, -0.2) is 0 Å². The van der Waals surface area contributed by atoms with E-state index < -0.39 is 18.7 Å². The number of amides is 1. The van der Waals surface area contributed by atoms with Crippen molar-refractivity contribution in [2.24, 2.45) is 0 Å². The Hall–Kier alpha value is -2.70. The second-order valence-corrected chi connectivity index (χ2v) is 6.19. The van der Waals surface area contributed by atoms with Crippen LogP contribution in [-0.4, -0.2) is 24.8 Å². The van der Waals surface area contributed by atoms with E-state index in [2.05, 4.69) is 5.32 Å². The van der Waals surface area contributed by atoms with Crippen LogP contribution in [-0.2, 0) is 0 Å². The molecule has 0 aliphatic carbocycles. The minimum Gasteiger partial charge on any atom is -0.489 e. The van der Waals surface area contributed by atoms with Crippen molar-refractivity contribution >= 4 is 11.6 Å². The normalized spacial score (nSPS) is 18.8. The number of anilines is 1. The number of nitrogens with one attached hydrogen (secondary N) is 1. The summed E-state index contributed by atoms with van der Waals surface area (Å²) < 4.78 is 47.8. The second-order valence-electron chi connectivity index (χ2n) is 6.19. The topological polar surface area (TPSA) is 47.6 Å². The predicted molar refractivity (Wildman–Crippen MR) is 90.9 cm³/mol. The molecular weight excluding hydrogens is 347 g/mol. The molecule has 0 saturated carbocycles. The second kappa shape index (κ2) is 6.90. The van der Waals surface area contributed by atoms with Gasteiger partial charge in [-0.2, -0.15) is 13.2 Å². The molecule has 0 fully saturated rings. The maximum atomic E-state index is 12.7. The Morgan fingerprint density at radius 1 is 1.15 bits per heavy atom. The fraction of sp³-hybridized carbons (Fsp3) is 0.316. The van der Waals surface area contributed by atoms with E-state index in [-0.39, 0.29) is 23.5 Å². The summed E-state index contributed by atoms with van der Waals surface area (Å²) in [6.07, 6.45) is -4.52. The Bertz CT molecular complexity index is 820. The van der Waals surface area contributed by atoms with Gasteiger partial charge in [-0.05, 0) is 25.1 Å². The van der Waals surface area contributed by atoms with Crippen molar-refractivity contribution in [2.45, 2.75) is 32.0 Å². The highest BCUT2D eigenvalue weighted by Crippen LogP contribution is 2.40. The lowest BCUT2D eigenvalue weighted by atomic mass is 9.97. The van der Waals surface area contributed by atoms with Gasteiger partial charge < -0.3 is 14.8 Å². The first kappa shape index (κ1) is 18.1. The van der Waals surface area contributed by atoms with Crippen LogP contribution >= 0.6 is 0 Å². The lowest BCUT2D eigenvalue weighted by Crippen LogP contribution is -2.20. The Balaban J connectivity index is 1.82. The largest absolute Gasteiger partial charge is 0.489 e. The van der Waals surface area contributed by atoms with Crippen molar-refractivity contribution in [3.05, 3.63) is 53.6 Å². The van der Waals surface area contributed by atoms with Gasteiger partial charge in [0.1, 0.15) is 17.6 Å². The lowest BCUT2D eigenvalue weighted by Gasteiger charge is -2.14. The predicted octanol–water partition coefficient (Wildman–Crippen LogP) is 4.76. The summed E-state index contributed by atoms with van der Waals surface area (Å²) in [5, 5.41) is 2.61. The van der Waals surface area contributed by atoms with E-state index in [9.17, 15) is 18.0 Å². The number of benzene rings is 2. The van der Waals surface area contributed by atoms with E-state index >= 15 is 0 Å². The van der Waals surface area contributed by atoms with E-state index in [1.165, 1.54) is 18.2 Å². The first-order chi connectivity index (χ1) is 12.3.